The van der Waals surface area contributed by atoms with E-state index in [1.165, 1.54) is 20.3 Å². The van der Waals surface area contributed by atoms with Gasteiger partial charge in [-0.3, -0.25) is 10.1 Å². The van der Waals surface area contributed by atoms with Gasteiger partial charge in [-0.05, 0) is 28.1 Å². The molecule has 0 aliphatic heterocycles. The monoisotopic (exact) mass is 284 g/mol. The number of rotatable bonds is 3. The molecule has 1 N–H and O–H groups in total. The number of amides is 1. The van der Waals surface area contributed by atoms with Gasteiger partial charge in [-0.25, -0.2) is 0 Å². The van der Waals surface area contributed by atoms with Crippen LogP contribution in [-0.2, 0) is 0 Å². The van der Waals surface area contributed by atoms with Crippen LogP contribution in [0.4, 0.5) is 0 Å². The number of methoxy groups -OCH3 is 2. The van der Waals surface area contributed by atoms with E-state index in [0.29, 0.717) is 16.0 Å². The second-order valence-electron chi connectivity index (χ2n) is 2.76. The number of halogens is 1. The molecule has 5 nitrogen and oxygen atoms in total. The first-order valence-corrected chi connectivity index (χ1v) is 5.04. The van der Waals surface area contributed by atoms with Gasteiger partial charge in [0.15, 0.2) is 6.19 Å². The smallest absolute Gasteiger partial charge is 0.268 e. The van der Waals surface area contributed by atoms with E-state index in [9.17, 15) is 4.79 Å². The van der Waals surface area contributed by atoms with Crippen LogP contribution in [0.1, 0.15) is 10.4 Å². The normalized spacial score (nSPS) is 9.12. The van der Waals surface area contributed by atoms with Crippen LogP contribution < -0.4 is 14.8 Å². The molecule has 0 fully saturated rings. The highest BCUT2D eigenvalue weighted by Gasteiger charge is 2.16. The van der Waals surface area contributed by atoms with Gasteiger partial charge in [0.05, 0.1) is 24.3 Å². The van der Waals surface area contributed by atoms with Crippen molar-refractivity contribution in [3.8, 4) is 17.7 Å². The van der Waals surface area contributed by atoms with Gasteiger partial charge in [0.2, 0.25) is 0 Å². The Kier molecular flexibility index (Phi) is 4.14. The van der Waals surface area contributed by atoms with Crippen LogP contribution in [-0.4, -0.2) is 20.1 Å². The van der Waals surface area contributed by atoms with Crippen LogP contribution in [0.25, 0.3) is 0 Å². The highest BCUT2D eigenvalue weighted by atomic mass is 79.9. The molecule has 0 atom stereocenters. The number of nitrogens with one attached hydrogen (secondary N) is 1. The molecule has 1 amide bonds. The summed E-state index contributed by atoms with van der Waals surface area (Å²) in [7, 11) is 2.93. The first kappa shape index (κ1) is 12.3. The van der Waals surface area contributed by atoms with E-state index < -0.39 is 5.91 Å². The third-order valence-corrected chi connectivity index (χ3v) is 2.46. The second kappa shape index (κ2) is 5.37. The number of ether oxygens (including phenoxy) is 2. The lowest BCUT2D eigenvalue weighted by Crippen LogP contribution is -2.18. The zero-order valence-corrected chi connectivity index (χ0v) is 10.3. The minimum Gasteiger partial charge on any atom is -0.497 e. The summed E-state index contributed by atoms with van der Waals surface area (Å²) in [5.41, 5.74) is 0.232. The minimum absolute atomic E-state index is 0.232. The van der Waals surface area contributed by atoms with Crippen molar-refractivity contribution >= 4 is 21.8 Å². The maximum absolute atomic E-state index is 11.6. The molecule has 16 heavy (non-hydrogen) atoms. The van der Waals surface area contributed by atoms with Crippen LogP contribution in [0.3, 0.4) is 0 Å². The molecule has 0 heterocycles. The second-order valence-corrected chi connectivity index (χ2v) is 3.61. The van der Waals surface area contributed by atoms with E-state index >= 15 is 0 Å². The van der Waals surface area contributed by atoms with Crippen molar-refractivity contribution in [3.05, 3.63) is 22.2 Å². The molecule has 1 aromatic rings. The van der Waals surface area contributed by atoms with Crippen LogP contribution in [0.2, 0.25) is 0 Å². The van der Waals surface area contributed by atoms with Crippen molar-refractivity contribution in [2.75, 3.05) is 14.2 Å². The topological polar surface area (TPSA) is 71.3 Å². The summed E-state index contributed by atoms with van der Waals surface area (Å²) in [5, 5.41) is 10.4. The van der Waals surface area contributed by atoms with Crippen LogP contribution in [0.5, 0.6) is 11.5 Å². The fourth-order valence-corrected chi connectivity index (χ4v) is 1.78. The van der Waals surface area contributed by atoms with E-state index in [1.54, 1.807) is 12.3 Å². The highest BCUT2D eigenvalue weighted by molar-refractivity contribution is 9.10. The van der Waals surface area contributed by atoms with Crippen LogP contribution in [0, 0.1) is 11.5 Å². The fourth-order valence-electron chi connectivity index (χ4n) is 1.18. The third-order valence-electron chi connectivity index (χ3n) is 1.87. The number of carbonyl (C=O) groups excluding carboxylic acids is 1. The van der Waals surface area contributed by atoms with Gasteiger partial charge in [-0.1, -0.05) is 0 Å². The number of benzene rings is 1. The summed E-state index contributed by atoms with van der Waals surface area (Å²) < 4.78 is 10.7. The molecular formula is C10H9BrN2O3. The van der Waals surface area contributed by atoms with Gasteiger partial charge >= 0.3 is 0 Å². The Balaban J connectivity index is 3.29. The Labute approximate surface area is 101 Å². The summed E-state index contributed by atoms with van der Waals surface area (Å²) >= 11 is 3.25. The van der Waals surface area contributed by atoms with Crippen molar-refractivity contribution in [1.82, 2.24) is 5.32 Å². The largest absolute Gasteiger partial charge is 0.497 e. The van der Waals surface area contributed by atoms with Crippen LogP contribution in [0.15, 0.2) is 16.6 Å². The standard InChI is InChI=1S/C10H9BrN2O3/c1-15-6-3-7(10(14)13-5-12)9(16-2)8(11)4-6/h3-4H,1-2H3,(H,13,14). The van der Waals surface area contributed by atoms with Gasteiger partial charge in [0.25, 0.3) is 5.91 Å². The van der Waals surface area contributed by atoms with E-state index in [0.717, 1.165) is 0 Å². The Hall–Kier alpha value is -1.74. The quantitative estimate of drug-likeness (QED) is 0.677. The molecule has 0 aromatic heterocycles. The first-order valence-electron chi connectivity index (χ1n) is 4.25. The zero-order valence-electron chi connectivity index (χ0n) is 8.70. The van der Waals surface area contributed by atoms with Crippen molar-refractivity contribution in [2.24, 2.45) is 0 Å². The van der Waals surface area contributed by atoms with Gasteiger partial charge in [0, 0.05) is 0 Å². The predicted molar refractivity (Wildman–Crippen MR) is 60.3 cm³/mol. The first-order chi connectivity index (χ1) is 7.63. The zero-order chi connectivity index (χ0) is 12.1. The summed E-state index contributed by atoms with van der Waals surface area (Å²) in [6.07, 6.45) is 1.56. The molecule has 84 valence electrons. The van der Waals surface area contributed by atoms with Gasteiger partial charge in [-0.15, -0.1) is 0 Å². The Bertz CT molecular complexity index is 454. The molecule has 0 spiro atoms. The lowest BCUT2D eigenvalue weighted by Gasteiger charge is -2.10. The molecule has 0 saturated carbocycles. The summed E-state index contributed by atoms with van der Waals surface area (Å²) in [6, 6.07) is 3.16. The number of hydrogen-bond donors (Lipinski definition) is 1. The van der Waals surface area contributed by atoms with Crippen molar-refractivity contribution in [1.29, 1.82) is 5.26 Å². The predicted octanol–water partition coefficient (Wildman–Crippen LogP) is 1.68. The molecular weight excluding hydrogens is 276 g/mol. The molecule has 1 aromatic carbocycles. The molecule has 0 unspecified atom stereocenters. The highest BCUT2D eigenvalue weighted by Crippen LogP contribution is 2.33. The average Bonchev–Trinajstić information content (AvgIpc) is 2.28. The Morgan fingerprint density at radius 1 is 1.44 bits per heavy atom. The number of hydrogen-bond acceptors (Lipinski definition) is 4. The Morgan fingerprint density at radius 2 is 2.12 bits per heavy atom. The van der Waals surface area contributed by atoms with Gasteiger partial charge in [-0.2, -0.15) is 5.26 Å². The molecule has 1 rings (SSSR count). The number of nitriles is 1. The number of carbonyl (C=O) groups is 1. The molecule has 0 aliphatic carbocycles. The van der Waals surface area contributed by atoms with Crippen molar-refractivity contribution in [2.45, 2.75) is 0 Å². The average molecular weight is 285 g/mol. The number of nitrogens with zero attached hydrogens (tertiary/aromatic N) is 1. The van der Waals surface area contributed by atoms with E-state index in [4.69, 9.17) is 14.7 Å². The summed E-state index contributed by atoms with van der Waals surface area (Å²) in [4.78, 5) is 11.6. The summed E-state index contributed by atoms with van der Waals surface area (Å²) in [5.74, 6) is 0.309. The molecule has 0 bridgehead atoms. The fraction of sp³-hybridized carbons (Fsp3) is 0.200. The SMILES string of the molecule is COc1cc(Br)c(OC)c(C(=O)NC#N)c1. The lowest BCUT2D eigenvalue weighted by atomic mass is 10.1. The minimum atomic E-state index is -0.543. The lowest BCUT2D eigenvalue weighted by molar-refractivity contribution is 0.0969. The van der Waals surface area contributed by atoms with E-state index in [1.807, 2.05) is 5.32 Å². The Morgan fingerprint density at radius 3 is 2.62 bits per heavy atom. The van der Waals surface area contributed by atoms with Gasteiger partial charge in [0.1, 0.15) is 11.5 Å². The van der Waals surface area contributed by atoms with Gasteiger partial charge < -0.3 is 9.47 Å². The maximum atomic E-state index is 11.6. The summed E-state index contributed by atoms with van der Waals surface area (Å²) in [6.45, 7) is 0. The molecule has 0 aliphatic rings. The molecule has 6 heteroatoms. The maximum Gasteiger partial charge on any atom is 0.268 e. The molecule has 0 saturated heterocycles. The van der Waals surface area contributed by atoms with Crippen molar-refractivity contribution < 1.29 is 14.3 Å². The van der Waals surface area contributed by atoms with E-state index in [-0.39, 0.29) is 5.56 Å². The molecule has 0 radical (unpaired) electrons. The van der Waals surface area contributed by atoms with Crippen molar-refractivity contribution in [3.63, 3.8) is 0 Å². The third kappa shape index (κ3) is 2.44. The van der Waals surface area contributed by atoms with Crippen LogP contribution >= 0.6 is 15.9 Å². The van der Waals surface area contributed by atoms with E-state index in [2.05, 4.69) is 15.9 Å².